The molecular formula is C24H52ClN. The van der Waals surface area contributed by atoms with Crippen molar-refractivity contribution in [2.24, 2.45) is 0 Å². The van der Waals surface area contributed by atoms with E-state index in [-0.39, 0.29) is 12.4 Å². The third-order valence-electron chi connectivity index (χ3n) is 5.94. The summed E-state index contributed by atoms with van der Waals surface area (Å²) in [5, 5.41) is 0. The average Bonchev–Trinajstić information content (AvgIpc) is 2.62. The van der Waals surface area contributed by atoms with Gasteiger partial charge in [-0.3, -0.25) is 0 Å². The van der Waals surface area contributed by atoms with Gasteiger partial charge in [0.15, 0.2) is 0 Å². The molecule has 0 aromatic carbocycles. The lowest BCUT2D eigenvalue weighted by Crippen LogP contribution is -3.00. The molecule has 1 nitrogen and oxygen atoms in total. The topological polar surface area (TPSA) is 0 Å². The standard InChI is InChI=1S/C24H52N.ClH/c1-5-9-13-15-19-23-25(21-17-11-7-3,22-18-12-8-4)24-20-16-14-10-6-2;/h5-24H2,1-4H3;1H/q+1;/p-1. The molecule has 2 heteroatoms. The Labute approximate surface area is 173 Å². The summed E-state index contributed by atoms with van der Waals surface area (Å²) in [7, 11) is 0. The number of halogens is 1. The van der Waals surface area contributed by atoms with E-state index in [1.807, 2.05) is 0 Å². The normalized spacial score (nSPS) is 11.5. The molecule has 0 radical (unpaired) electrons. The van der Waals surface area contributed by atoms with Crippen LogP contribution in [-0.2, 0) is 0 Å². The summed E-state index contributed by atoms with van der Waals surface area (Å²) in [6.07, 6.45) is 22.9. The fraction of sp³-hybridized carbons (Fsp3) is 1.00. The summed E-state index contributed by atoms with van der Waals surface area (Å²) >= 11 is 0. The summed E-state index contributed by atoms with van der Waals surface area (Å²) in [5.74, 6) is 0. The Bertz CT molecular complexity index is 229. The van der Waals surface area contributed by atoms with Gasteiger partial charge in [0.2, 0.25) is 0 Å². The van der Waals surface area contributed by atoms with Gasteiger partial charge in [-0.25, -0.2) is 0 Å². The lowest BCUT2D eigenvalue weighted by Gasteiger charge is -2.39. The highest BCUT2D eigenvalue weighted by atomic mass is 35.5. The van der Waals surface area contributed by atoms with E-state index in [9.17, 15) is 0 Å². The maximum atomic E-state index is 2.35. The minimum absolute atomic E-state index is 0. The fourth-order valence-electron chi connectivity index (χ4n) is 4.17. The third kappa shape index (κ3) is 16.4. The van der Waals surface area contributed by atoms with Crippen molar-refractivity contribution >= 4 is 0 Å². The lowest BCUT2D eigenvalue weighted by molar-refractivity contribution is -0.929. The number of hydrogen-bond donors (Lipinski definition) is 0. The van der Waals surface area contributed by atoms with Crippen LogP contribution < -0.4 is 12.4 Å². The first-order valence-corrected chi connectivity index (χ1v) is 12.1. The molecule has 0 heterocycles. The predicted molar refractivity (Wildman–Crippen MR) is 116 cm³/mol. The van der Waals surface area contributed by atoms with Gasteiger partial charge in [-0.2, -0.15) is 0 Å². The first-order chi connectivity index (χ1) is 12.2. The highest BCUT2D eigenvalue weighted by molar-refractivity contribution is 4.53. The zero-order chi connectivity index (χ0) is 18.6. The van der Waals surface area contributed by atoms with Crippen LogP contribution in [0.4, 0.5) is 0 Å². The molecule has 0 unspecified atom stereocenters. The van der Waals surface area contributed by atoms with Crippen LogP contribution in [0.5, 0.6) is 0 Å². The van der Waals surface area contributed by atoms with E-state index in [1.54, 1.807) is 0 Å². The van der Waals surface area contributed by atoms with Gasteiger partial charge in [0.25, 0.3) is 0 Å². The van der Waals surface area contributed by atoms with Crippen molar-refractivity contribution in [1.82, 2.24) is 0 Å². The van der Waals surface area contributed by atoms with Crippen LogP contribution in [0.2, 0.25) is 0 Å². The molecule has 0 rings (SSSR count). The second-order valence-corrected chi connectivity index (χ2v) is 8.48. The van der Waals surface area contributed by atoms with Gasteiger partial charge in [0, 0.05) is 0 Å². The maximum absolute atomic E-state index is 2.35. The Hall–Kier alpha value is 0.250. The van der Waals surface area contributed by atoms with Crippen molar-refractivity contribution in [3.8, 4) is 0 Å². The average molecular weight is 390 g/mol. The molecule has 26 heavy (non-hydrogen) atoms. The van der Waals surface area contributed by atoms with Crippen molar-refractivity contribution < 1.29 is 16.9 Å². The fourth-order valence-corrected chi connectivity index (χ4v) is 4.17. The molecular weight excluding hydrogens is 338 g/mol. The van der Waals surface area contributed by atoms with E-state index in [2.05, 4.69) is 27.7 Å². The quantitative estimate of drug-likeness (QED) is 0.200. The van der Waals surface area contributed by atoms with E-state index in [4.69, 9.17) is 0 Å². The zero-order valence-corrected chi connectivity index (χ0v) is 19.7. The molecule has 0 spiro atoms. The van der Waals surface area contributed by atoms with Gasteiger partial charge in [0.1, 0.15) is 0 Å². The van der Waals surface area contributed by atoms with Crippen LogP contribution in [0.15, 0.2) is 0 Å². The number of hydrogen-bond acceptors (Lipinski definition) is 0. The second-order valence-electron chi connectivity index (χ2n) is 8.48. The number of nitrogens with zero attached hydrogens (tertiary/aromatic N) is 1. The molecule has 0 aromatic rings. The first kappa shape index (κ1) is 28.5. The minimum Gasteiger partial charge on any atom is -1.00 e. The monoisotopic (exact) mass is 389 g/mol. The van der Waals surface area contributed by atoms with Crippen LogP contribution in [0.25, 0.3) is 0 Å². The van der Waals surface area contributed by atoms with Crippen LogP contribution in [0, 0.1) is 0 Å². The SMILES string of the molecule is CCCCCCC[N+](CCCCC)(CCCCC)CCCCCCC.[Cl-]. The van der Waals surface area contributed by atoms with E-state index in [0.29, 0.717) is 0 Å². The summed E-state index contributed by atoms with van der Waals surface area (Å²) in [5.41, 5.74) is 0. The maximum Gasteiger partial charge on any atom is 0.0786 e. The largest absolute Gasteiger partial charge is 1.00 e. The van der Waals surface area contributed by atoms with Gasteiger partial charge >= 0.3 is 0 Å². The molecule has 0 aromatic heterocycles. The molecule has 0 fully saturated rings. The van der Waals surface area contributed by atoms with E-state index in [1.165, 1.54) is 133 Å². The predicted octanol–water partition coefficient (Wildman–Crippen LogP) is 5.13. The van der Waals surface area contributed by atoms with Crippen molar-refractivity contribution in [3.63, 3.8) is 0 Å². The van der Waals surface area contributed by atoms with Crippen LogP contribution in [-0.4, -0.2) is 30.7 Å². The van der Waals surface area contributed by atoms with Gasteiger partial charge in [-0.1, -0.05) is 79.1 Å². The van der Waals surface area contributed by atoms with E-state index >= 15 is 0 Å². The molecule has 0 saturated carbocycles. The zero-order valence-electron chi connectivity index (χ0n) is 19.0. The lowest BCUT2D eigenvalue weighted by atomic mass is 10.1. The molecule has 0 bridgehead atoms. The highest BCUT2D eigenvalue weighted by Gasteiger charge is 2.25. The Morgan fingerprint density at radius 2 is 0.577 bits per heavy atom. The summed E-state index contributed by atoms with van der Waals surface area (Å²) in [6, 6.07) is 0. The summed E-state index contributed by atoms with van der Waals surface area (Å²) < 4.78 is 1.46. The van der Waals surface area contributed by atoms with E-state index < -0.39 is 0 Å². The van der Waals surface area contributed by atoms with Gasteiger partial charge in [-0.05, 0) is 51.4 Å². The number of rotatable bonds is 20. The Balaban J connectivity index is 0. The third-order valence-corrected chi connectivity index (χ3v) is 5.94. The molecule has 0 atom stereocenters. The first-order valence-electron chi connectivity index (χ1n) is 12.1. The highest BCUT2D eigenvalue weighted by Crippen LogP contribution is 2.19. The number of quaternary nitrogens is 1. The Kier molecular flexibility index (Phi) is 23.6. The van der Waals surface area contributed by atoms with Crippen molar-refractivity contribution in [2.75, 3.05) is 26.2 Å². The Morgan fingerprint density at radius 1 is 0.346 bits per heavy atom. The number of unbranched alkanes of at least 4 members (excludes halogenated alkanes) is 12. The van der Waals surface area contributed by atoms with E-state index in [0.717, 1.165) is 0 Å². The van der Waals surface area contributed by atoms with Gasteiger partial charge in [0.05, 0.1) is 26.2 Å². The molecule has 0 N–H and O–H groups in total. The summed E-state index contributed by atoms with van der Waals surface area (Å²) in [4.78, 5) is 0. The van der Waals surface area contributed by atoms with Gasteiger partial charge in [-0.15, -0.1) is 0 Å². The molecule has 0 aliphatic rings. The van der Waals surface area contributed by atoms with Crippen molar-refractivity contribution in [3.05, 3.63) is 0 Å². The van der Waals surface area contributed by atoms with Gasteiger partial charge < -0.3 is 16.9 Å². The molecule has 0 saturated heterocycles. The molecule has 0 aliphatic carbocycles. The molecule has 160 valence electrons. The molecule has 0 amide bonds. The summed E-state index contributed by atoms with van der Waals surface area (Å²) in [6.45, 7) is 15.2. The minimum atomic E-state index is 0. The van der Waals surface area contributed by atoms with Crippen molar-refractivity contribution in [1.29, 1.82) is 0 Å². The Morgan fingerprint density at radius 3 is 0.885 bits per heavy atom. The van der Waals surface area contributed by atoms with Crippen LogP contribution >= 0.6 is 0 Å². The van der Waals surface area contributed by atoms with Crippen molar-refractivity contribution in [2.45, 2.75) is 130 Å². The smallest absolute Gasteiger partial charge is 0.0786 e. The molecule has 0 aliphatic heterocycles. The van der Waals surface area contributed by atoms with Crippen LogP contribution in [0.3, 0.4) is 0 Å². The van der Waals surface area contributed by atoms with Crippen LogP contribution in [0.1, 0.15) is 130 Å². The second kappa shape index (κ2) is 21.5.